The molecule has 1 aromatic heterocycles. The zero-order valence-corrected chi connectivity index (χ0v) is 14.8. The van der Waals surface area contributed by atoms with Crippen LogP contribution in [0.3, 0.4) is 0 Å². The Bertz CT molecular complexity index is 869. The van der Waals surface area contributed by atoms with Gasteiger partial charge in [-0.3, -0.25) is 5.10 Å². The van der Waals surface area contributed by atoms with E-state index in [1.165, 1.54) is 0 Å². The maximum atomic E-state index is 10.4. The van der Waals surface area contributed by atoms with Crippen LogP contribution in [-0.2, 0) is 0 Å². The first-order chi connectivity index (χ1) is 11.5. The molecule has 2 aromatic carbocycles. The molecule has 0 saturated carbocycles. The highest BCUT2D eigenvalue weighted by Crippen LogP contribution is 2.37. The number of benzene rings is 2. The highest BCUT2D eigenvalue weighted by Gasteiger charge is 2.14. The van der Waals surface area contributed by atoms with E-state index in [2.05, 4.69) is 32.7 Å². The normalized spacial score (nSPS) is 10.6. The van der Waals surface area contributed by atoms with Gasteiger partial charge in [-0.25, -0.2) is 0 Å². The summed E-state index contributed by atoms with van der Waals surface area (Å²) in [6.07, 6.45) is 1.75. The van der Waals surface area contributed by atoms with Crippen molar-refractivity contribution in [3.8, 4) is 33.9 Å². The molecule has 0 aliphatic carbocycles. The lowest BCUT2D eigenvalue weighted by molar-refractivity contribution is 0.350. The van der Waals surface area contributed by atoms with E-state index in [4.69, 9.17) is 4.74 Å². The highest BCUT2D eigenvalue weighted by molar-refractivity contribution is 9.10. The van der Waals surface area contributed by atoms with Crippen LogP contribution < -0.4 is 4.74 Å². The third-order valence-electron chi connectivity index (χ3n) is 3.52. The molecule has 2 N–H and O–H groups in total. The first kappa shape index (κ1) is 16.3. The summed E-state index contributed by atoms with van der Waals surface area (Å²) in [6.45, 7) is 6.11. The monoisotopic (exact) mass is 384 g/mol. The molecule has 0 aliphatic heterocycles. The van der Waals surface area contributed by atoms with Crippen molar-refractivity contribution in [1.82, 2.24) is 10.2 Å². The summed E-state index contributed by atoms with van der Waals surface area (Å²) in [5, 5.41) is 17.5. The summed E-state index contributed by atoms with van der Waals surface area (Å²) in [5.41, 5.74) is 4.30. The zero-order chi connectivity index (χ0) is 17.1. The highest BCUT2D eigenvalue weighted by atomic mass is 79.9. The van der Waals surface area contributed by atoms with Gasteiger partial charge in [-0.15, -0.1) is 0 Å². The van der Waals surface area contributed by atoms with E-state index in [1.54, 1.807) is 12.3 Å². The number of halogens is 1. The second-order valence-corrected chi connectivity index (χ2v) is 6.51. The summed E-state index contributed by atoms with van der Waals surface area (Å²) < 4.78 is 6.57. The minimum Gasteiger partial charge on any atom is -0.507 e. The van der Waals surface area contributed by atoms with Gasteiger partial charge >= 0.3 is 0 Å². The third-order valence-corrected chi connectivity index (χ3v) is 4.05. The predicted octanol–water partition coefficient (Wildman–Crippen LogP) is 5.17. The van der Waals surface area contributed by atoms with E-state index >= 15 is 0 Å². The van der Waals surface area contributed by atoms with Crippen LogP contribution in [0.2, 0.25) is 0 Å². The van der Waals surface area contributed by atoms with Gasteiger partial charge in [0, 0.05) is 21.7 Å². The molecular formula is C19H17BrN2O2. The number of phenols is 1. The van der Waals surface area contributed by atoms with Crippen molar-refractivity contribution in [2.45, 2.75) is 6.92 Å². The number of aromatic nitrogens is 2. The number of nitrogens with one attached hydrogen (secondary N) is 1. The summed E-state index contributed by atoms with van der Waals surface area (Å²) >= 11 is 3.43. The molecule has 5 heteroatoms. The Balaban J connectivity index is 1.94. The number of rotatable bonds is 5. The molecule has 0 amide bonds. The molecule has 4 nitrogen and oxygen atoms in total. The first-order valence-corrected chi connectivity index (χ1v) is 8.24. The van der Waals surface area contributed by atoms with E-state index in [0.29, 0.717) is 17.9 Å². The summed E-state index contributed by atoms with van der Waals surface area (Å²) in [4.78, 5) is 0. The fourth-order valence-corrected chi connectivity index (χ4v) is 2.62. The third kappa shape index (κ3) is 3.51. The number of phenolic OH excluding ortho intramolecular Hbond substituents is 1. The Morgan fingerprint density at radius 2 is 1.96 bits per heavy atom. The molecule has 1 heterocycles. The van der Waals surface area contributed by atoms with Gasteiger partial charge in [0.25, 0.3) is 0 Å². The smallest absolute Gasteiger partial charge is 0.128 e. The molecule has 24 heavy (non-hydrogen) atoms. The topological polar surface area (TPSA) is 58.1 Å². The lowest BCUT2D eigenvalue weighted by atomic mass is 10.0. The molecule has 0 aliphatic rings. The minimum absolute atomic E-state index is 0.136. The maximum Gasteiger partial charge on any atom is 0.128 e. The molecular weight excluding hydrogens is 368 g/mol. The van der Waals surface area contributed by atoms with E-state index in [0.717, 1.165) is 26.9 Å². The lowest BCUT2D eigenvalue weighted by Gasteiger charge is -2.10. The largest absolute Gasteiger partial charge is 0.507 e. The van der Waals surface area contributed by atoms with Crippen LogP contribution in [0.25, 0.3) is 22.4 Å². The van der Waals surface area contributed by atoms with Gasteiger partial charge in [0.2, 0.25) is 0 Å². The maximum absolute atomic E-state index is 10.4. The van der Waals surface area contributed by atoms with Gasteiger partial charge in [-0.05, 0) is 42.3 Å². The van der Waals surface area contributed by atoms with Crippen molar-refractivity contribution in [2.75, 3.05) is 6.61 Å². The Morgan fingerprint density at radius 1 is 1.21 bits per heavy atom. The number of nitrogens with zero attached hydrogens (tertiary/aromatic N) is 1. The van der Waals surface area contributed by atoms with E-state index in [-0.39, 0.29) is 5.75 Å². The zero-order valence-electron chi connectivity index (χ0n) is 13.2. The van der Waals surface area contributed by atoms with Crippen molar-refractivity contribution in [1.29, 1.82) is 0 Å². The summed E-state index contributed by atoms with van der Waals surface area (Å²) in [6, 6.07) is 13.2. The molecule has 3 aromatic rings. The predicted molar refractivity (Wildman–Crippen MR) is 99.1 cm³/mol. The molecule has 0 fully saturated rings. The molecule has 122 valence electrons. The number of hydrogen-bond donors (Lipinski definition) is 2. The van der Waals surface area contributed by atoms with E-state index in [9.17, 15) is 5.11 Å². The van der Waals surface area contributed by atoms with Crippen LogP contribution in [0.15, 0.2) is 65.3 Å². The van der Waals surface area contributed by atoms with Crippen molar-refractivity contribution in [3.05, 3.63) is 65.3 Å². The molecule has 0 atom stereocenters. The lowest BCUT2D eigenvalue weighted by Crippen LogP contribution is -1.97. The van der Waals surface area contributed by atoms with Crippen LogP contribution in [-0.4, -0.2) is 21.9 Å². The minimum atomic E-state index is 0.136. The van der Waals surface area contributed by atoms with Crippen LogP contribution in [0.5, 0.6) is 11.5 Å². The molecule has 0 bridgehead atoms. The second kappa shape index (κ2) is 6.93. The van der Waals surface area contributed by atoms with E-state index < -0.39 is 0 Å². The fraction of sp³-hybridized carbons (Fsp3) is 0.105. The fourth-order valence-electron chi connectivity index (χ4n) is 2.36. The molecule has 0 spiro atoms. The van der Waals surface area contributed by atoms with Crippen LogP contribution >= 0.6 is 15.9 Å². The van der Waals surface area contributed by atoms with Crippen molar-refractivity contribution < 1.29 is 9.84 Å². The number of hydrogen-bond acceptors (Lipinski definition) is 3. The van der Waals surface area contributed by atoms with Gasteiger partial charge in [0.05, 0.1) is 11.9 Å². The van der Waals surface area contributed by atoms with Gasteiger partial charge in [-0.1, -0.05) is 34.6 Å². The van der Waals surface area contributed by atoms with Crippen LogP contribution in [0.1, 0.15) is 6.92 Å². The number of aromatic hydroxyl groups is 1. The van der Waals surface area contributed by atoms with Gasteiger partial charge in [-0.2, -0.15) is 5.10 Å². The number of aromatic amines is 1. The Hall–Kier alpha value is -2.53. The van der Waals surface area contributed by atoms with Crippen LogP contribution in [0.4, 0.5) is 0 Å². The average molecular weight is 385 g/mol. The standard InChI is InChI=1S/C19H17BrN2O2/c1-12(2)11-24-15-7-8-16(18(23)9-15)19-17(10-21-22-19)13-3-5-14(20)6-4-13/h3-10,23H,1,11H2,2H3,(H,21,22). The Labute approximate surface area is 148 Å². The first-order valence-electron chi connectivity index (χ1n) is 7.44. The SMILES string of the molecule is C=C(C)COc1ccc(-c2[nH]ncc2-c2ccc(Br)cc2)c(O)c1. The van der Waals surface area contributed by atoms with Gasteiger partial charge < -0.3 is 9.84 Å². The van der Waals surface area contributed by atoms with E-state index in [1.807, 2.05) is 43.3 Å². The second-order valence-electron chi connectivity index (χ2n) is 5.59. The van der Waals surface area contributed by atoms with Crippen LogP contribution in [0, 0.1) is 0 Å². The van der Waals surface area contributed by atoms with Gasteiger partial charge in [0.1, 0.15) is 18.1 Å². The number of ether oxygens (including phenoxy) is 1. The van der Waals surface area contributed by atoms with Crippen molar-refractivity contribution >= 4 is 15.9 Å². The Morgan fingerprint density at radius 3 is 2.62 bits per heavy atom. The molecule has 0 saturated heterocycles. The van der Waals surface area contributed by atoms with Crippen molar-refractivity contribution in [2.24, 2.45) is 0 Å². The molecule has 0 radical (unpaired) electrons. The molecule has 3 rings (SSSR count). The van der Waals surface area contributed by atoms with Crippen molar-refractivity contribution in [3.63, 3.8) is 0 Å². The number of H-pyrrole nitrogens is 1. The summed E-state index contributed by atoms with van der Waals surface area (Å²) in [7, 11) is 0. The van der Waals surface area contributed by atoms with Gasteiger partial charge in [0.15, 0.2) is 0 Å². The molecule has 0 unspecified atom stereocenters. The Kier molecular flexibility index (Phi) is 4.71. The quantitative estimate of drug-likeness (QED) is 0.596. The summed E-state index contributed by atoms with van der Waals surface area (Å²) in [5.74, 6) is 0.737. The average Bonchev–Trinajstić information content (AvgIpc) is 3.03.